The summed E-state index contributed by atoms with van der Waals surface area (Å²) in [5.41, 5.74) is 5.14. The Morgan fingerprint density at radius 1 is 0.727 bits per heavy atom. The van der Waals surface area contributed by atoms with E-state index in [1.807, 2.05) is 0 Å². The van der Waals surface area contributed by atoms with Crippen molar-refractivity contribution in [1.82, 2.24) is 0 Å². The van der Waals surface area contributed by atoms with Crippen LogP contribution in [-0.2, 0) is 0 Å². The monoisotopic (exact) mass is 288 g/mol. The van der Waals surface area contributed by atoms with E-state index in [0.717, 1.165) is 0 Å². The van der Waals surface area contributed by atoms with Crippen molar-refractivity contribution in [3.05, 3.63) is 59.7 Å². The highest BCUT2D eigenvalue weighted by Crippen LogP contribution is 2.44. The Labute approximate surface area is 131 Å². The third-order valence-corrected chi connectivity index (χ3v) is 4.80. The molecule has 0 unspecified atom stereocenters. The molecule has 22 heavy (non-hydrogen) atoms. The van der Waals surface area contributed by atoms with Crippen LogP contribution in [-0.4, -0.2) is 12.1 Å². The second-order valence-corrected chi connectivity index (χ2v) is 6.23. The van der Waals surface area contributed by atoms with Gasteiger partial charge in [0.15, 0.2) is 0 Å². The molecule has 0 radical (unpaired) electrons. The van der Waals surface area contributed by atoms with Crippen LogP contribution in [0.25, 0.3) is 11.1 Å². The largest absolute Gasteiger partial charge is 0.222 e. The quantitative estimate of drug-likeness (QED) is 0.673. The van der Waals surface area contributed by atoms with Crippen molar-refractivity contribution in [1.29, 1.82) is 0 Å². The molecular formula is C20H20N2. The molecule has 2 aliphatic carbocycles. The first-order valence-corrected chi connectivity index (χ1v) is 8.26. The van der Waals surface area contributed by atoms with Crippen molar-refractivity contribution in [2.75, 3.05) is 0 Å². The SMILES string of the molecule is C(=NC1CCCCC1)=NC1c2ccccc2-c2ccccc21. The molecule has 0 saturated heterocycles. The van der Waals surface area contributed by atoms with Gasteiger partial charge in [0.1, 0.15) is 6.04 Å². The maximum absolute atomic E-state index is 4.68. The summed E-state index contributed by atoms with van der Waals surface area (Å²) in [4.78, 5) is 9.26. The lowest BCUT2D eigenvalue weighted by Crippen LogP contribution is -2.08. The first kappa shape index (κ1) is 13.5. The first-order chi connectivity index (χ1) is 10.9. The van der Waals surface area contributed by atoms with E-state index in [0.29, 0.717) is 6.04 Å². The van der Waals surface area contributed by atoms with Crippen LogP contribution in [0.1, 0.15) is 49.3 Å². The molecule has 2 aromatic rings. The Hall–Kier alpha value is -2.18. The fourth-order valence-corrected chi connectivity index (χ4v) is 3.65. The van der Waals surface area contributed by atoms with Crippen molar-refractivity contribution in [2.24, 2.45) is 9.98 Å². The zero-order valence-electron chi connectivity index (χ0n) is 12.7. The molecule has 0 N–H and O–H groups in total. The zero-order chi connectivity index (χ0) is 14.8. The molecule has 0 atom stereocenters. The van der Waals surface area contributed by atoms with Gasteiger partial charge in [0.05, 0.1) is 12.1 Å². The van der Waals surface area contributed by atoms with Gasteiger partial charge in [0.2, 0.25) is 0 Å². The van der Waals surface area contributed by atoms with E-state index < -0.39 is 0 Å². The van der Waals surface area contributed by atoms with E-state index in [4.69, 9.17) is 0 Å². The highest BCUT2D eigenvalue weighted by molar-refractivity contribution is 5.79. The van der Waals surface area contributed by atoms with Gasteiger partial charge in [-0.15, -0.1) is 0 Å². The normalized spacial score (nSPS) is 17.5. The summed E-state index contributed by atoms with van der Waals surface area (Å²) in [6, 6.07) is 20.6. The molecule has 2 aliphatic rings. The fraction of sp³-hybridized carbons (Fsp3) is 0.350. The van der Waals surface area contributed by atoms with Crippen LogP contribution in [0.5, 0.6) is 0 Å². The predicted octanol–water partition coefficient (Wildman–Crippen LogP) is 5.26. The molecule has 0 bridgehead atoms. The van der Waals surface area contributed by atoms with Gasteiger partial charge in [0.25, 0.3) is 0 Å². The Bertz CT molecular complexity index is 689. The molecule has 4 rings (SSSR count). The molecule has 0 amide bonds. The maximum atomic E-state index is 4.68. The molecule has 1 saturated carbocycles. The summed E-state index contributed by atoms with van der Waals surface area (Å²) < 4.78 is 0. The summed E-state index contributed by atoms with van der Waals surface area (Å²) in [5.74, 6) is 0. The maximum Gasteiger partial charge on any atom is 0.112 e. The fourth-order valence-electron chi connectivity index (χ4n) is 3.65. The average molecular weight is 288 g/mol. The molecular weight excluding hydrogens is 268 g/mol. The number of hydrogen-bond donors (Lipinski definition) is 0. The van der Waals surface area contributed by atoms with E-state index in [2.05, 4.69) is 64.5 Å². The van der Waals surface area contributed by atoms with Gasteiger partial charge in [0, 0.05) is 0 Å². The minimum atomic E-state index is 0.0553. The van der Waals surface area contributed by atoms with E-state index >= 15 is 0 Å². The topological polar surface area (TPSA) is 24.7 Å². The lowest BCUT2D eigenvalue weighted by atomic mass is 9.96. The van der Waals surface area contributed by atoms with Crippen molar-refractivity contribution < 1.29 is 0 Å². The van der Waals surface area contributed by atoms with Gasteiger partial charge in [-0.1, -0.05) is 67.8 Å². The van der Waals surface area contributed by atoms with E-state index in [1.54, 1.807) is 0 Å². The third kappa shape index (κ3) is 2.40. The predicted molar refractivity (Wildman–Crippen MR) is 90.5 cm³/mol. The minimum absolute atomic E-state index is 0.0553. The summed E-state index contributed by atoms with van der Waals surface area (Å²) in [7, 11) is 0. The smallest absolute Gasteiger partial charge is 0.112 e. The molecule has 2 nitrogen and oxygen atoms in total. The van der Waals surface area contributed by atoms with Gasteiger partial charge in [-0.3, -0.25) is 0 Å². The Morgan fingerprint density at radius 2 is 1.32 bits per heavy atom. The van der Waals surface area contributed by atoms with Crippen molar-refractivity contribution in [2.45, 2.75) is 44.2 Å². The second-order valence-electron chi connectivity index (χ2n) is 6.23. The first-order valence-electron chi connectivity index (χ1n) is 8.26. The molecule has 2 heteroatoms. The van der Waals surface area contributed by atoms with Crippen LogP contribution in [0.2, 0.25) is 0 Å². The van der Waals surface area contributed by atoms with Crippen molar-refractivity contribution in [3.8, 4) is 11.1 Å². The Balaban J connectivity index is 1.68. The average Bonchev–Trinajstić information content (AvgIpc) is 2.91. The molecule has 110 valence electrons. The number of aliphatic imine (C=N–C) groups is 2. The van der Waals surface area contributed by atoms with Crippen molar-refractivity contribution >= 4 is 6.01 Å². The van der Waals surface area contributed by atoms with E-state index in [1.165, 1.54) is 54.4 Å². The zero-order valence-corrected chi connectivity index (χ0v) is 12.7. The number of benzene rings is 2. The van der Waals surface area contributed by atoms with Crippen LogP contribution in [0.4, 0.5) is 0 Å². The standard InChI is InChI=1S/C20H20N2/c1-2-8-15(9-3-1)21-14-22-20-18-12-6-4-10-16(18)17-11-5-7-13-19(17)20/h4-7,10-13,15,20H,1-3,8-9H2. The molecule has 0 spiro atoms. The highest BCUT2D eigenvalue weighted by atomic mass is 14.9. The van der Waals surface area contributed by atoms with Gasteiger partial charge in [-0.25, -0.2) is 9.98 Å². The molecule has 2 aromatic carbocycles. The molecule has 0 aliphatic heterocycles. The van der Waals surface area contributed by atoms with E-state index in [9.17, 15) is 0 Å². The Kier molecular flexibility index (Phi) is 3.62. The van der Waals surface area contributed by atoms with Crippen LogP contribution in [0, 0.1) is 0 Å². The van der Waals surface area contributed by atoms with Crippen LogP contribution in [0.15, 0.2) is 58.5 Å². The van der Waals surface area contributed by atoms with Crippen LogP contribution < -0.4 is 0 Å². The third-order valence-electron chi connectivity index (χ3n) is 4.80. The highest BCUT2D eigenvalue weighted by Gasteiger charge is 2.27. The lowest BCUT2D eigenvalue weighted by molar-refractivity contribution is 0.444. The van der Waals surface area contributed by atoms with Crippen LogP contribution >= 0.6 is 0 Å². The summed E-state index contributed by atoms with van der Waals surface area (Å²) >= 11 is 0. The summed E-state index contributed by atoms with van der Waals surface area (Å²) in [6.07, 6.45) is 6.34. The number of rotatable bonds is 2. The lowest BCUT2D eigenvalue weighted by Gasteiger charge is -2.15. The number of hydrogen-bond acceptors (Lipinski definition) is 2. The minimum Gasteiger partial charge on any atom is -0.222 e. The number of nitrogens with zero attached hydrogens (tertiary/aromatic N) is 2. The Morgan fingerprint density at radius 3 is 1.95 bits per heavy atom. The van der Waals surface area contributed by atoms with Gasteiger partial charge in [-0.05, 0) is 35.1 Å². The van der Waals surface area contributed by atoms with Crippen molar-refractivity contribution in [3.63, 3.8) is 0 Å². The summed E-state index contributed by atoms with van der Waals surface area (Å²) in [6.45, 7) is 0. The van der Waals surface area contributed by atoms with E-state index in [-0.39, 0.29) is 6.04 Å². The molecule has 1 fully saturated rings. The van der Waals surface area contributed by atoms with Gasteiger partial charge >= 0.3 is 0 Å². The van der Waals surface area contributed by atoms with Gasteiger partial charge < -0.3 is 0 Å². The molecule has 0 aromatic heterocycles. The molecule has 0 heterocycles. The second kappa shape index (κ2) is 5.90. The summed E-state index contributed by atoms with van der Waals surface area (Å²) in [5, 5.41) is 0. The van der Waals surface area contributed by atoms with Crippen LogP contribution in [0.3, 0.4) is 0 Å². The number of fused-ring (bicyclic) bond motifs is 3. The van der Waals surface area contributed by atoms with Gasteiger partial charge in [-0.2, -0.15) is 0 Å².